The molecule has 1 aliphatic heterocycles. The van der Waals surface area contributed by atoms with Gasteiger partial charge in [-0.05, 0) is 48.0 Å². The molecule has 1 aliphatic rings. The van der Waals surface area contributed by atoms with E-state index in [2.05, 4.69) is 5.10 Å². The number of carbonyl (C=O) groups is 1. The number of piperazine rings is 1. The Labute approximate surface area is 178 Å². The van der Waals surface area contributed by atoms with Gasteiger partial charge in [0.1, 0.15) is 11.6 Å². The summed E-state index contributed by atoms with van der Waals surface area (Å²) in [5.41, 5.74) is 1.20. The maximum atomic E-state index is 13.0. The molecule has 8 heteroatoms. The molecule has 0 N–H and O–H groups in total. The number of amides is 1. The van der Waals surface area contributed by atoms with E-state index in [0.29, 0.717) is 42.7 Å². The first-order chi connectivity index (χ1) is 14.5. The zero-order valence-electron chi connectivity index (χ0n) is 16.2. The minimum atomic E-state index is -0.313. The van der Waals surface area contributed by atoms with Gasteiger partial charge >= 0.3 is 0 Å². The minimum Gasteiger partial charge on any atom is -0.352 e. The van der Waals surface area contributed by atoms with Crippen LogP contribution in [0.1, 0.15) is 5.56 Å². The van der Waals surface area contributed by atoms with Crippen LogP contribution in [0.25, 0.3) is 5.69 Å². The fourth-order valence-corrected chi connectivity index (χ4v) is 3.54. The Kier molecular flexibility index (Phi) is 5.81. The van der Waals surface area contributed by atoms with Crippen LogP contribution in [-0.2, 0) is 11.2 Å². The molecule has 6 nitrogen and oxygen atoms in total. The molecular weight excluding hydrogens is 407 g/mol. The summed E-state index contributed by atoms with van der Waals surface area (Å²) < 4.78 is 14.4. The van der Waals surface area contributed by atoms with Gasteiger partial charge in [-0.15, -0.1) is 5.10 Å². The fourth-order valence-electron chi connectivity index (χ4n) is 3.41. The van der Waals surface area contributed by atoms with Crippen molar-refractivity contribution >= 4 is 23.3 Å². The molecule has 4 rings (SSSR count). The van der Waals surface area contributed by atoms with Gasteiger partial charge in [0.15, 0.2) is 0 Å². The van der Waals surface area contributed by atoms with Gasteiger partial charge in [-0.2, -0.15) is 4.68 Å². The normalized spacial score (nSPS) is 14.1. The SMILES string of the molecule is O=C(Cc1ccc(F)cc1)N1CCN(c2ccc(=O)n(-c3ccc(Cl)cc3)n2)CC1. The van der Waals surface area contributed by atoms with Crippen LogP contribution in [0.2, 0.25) is 5.02 Å². The Morgan fingerprint density at radius 1 is 0.933 bits per heavy atom. The standard InChI is InChI=1S/C22H20ClFN4O2/c23-17-3-7-19(8-4-17)28-21(29)10-9-20(25-28)26-11-13-27(14-12-26)22(30)15-16-1-5-18(24)6-2-16/h1-10H,11-15H2. The van der Waals surface area contributed by atoms with Crippen molar-refractivity contribution in [1.29, 1.82) is 0 Å². The number of benzene rings is 2. The van der Waals surface area contributed by atoms with Gasteiger partial charge in [0.2, 0.25) is 5.91 Å². The van der Waals surface area contributed by atoms with Crippen LogP contribution < -0.4 is 10.5 Å². The number of hydrogen-bond acceptors (Lipinski definition) is 4. The van der Waals surface area contributed by atoms with E-state index in [1.165, 1.54) is 22.9 Å². The number of anilines is 1. The number of hydrogen-bond donors (Lipinski definition) is 0. The maximum absolute atomic E-state index is 13.0. The summed E-state index contributed by atoms with van der Waals surface area (Å²) in [7, 11) is 0. The van der Waals surface area contributed by atoms with E-state index in [1.54, 1.807) is 47.4 Å². The van der Waals surface area contributed by atoms with E-state index in [-0.39, 0.29) is 23.7 Å². The van der Waals surface area contributed by atoms with Crippen molar-refractivity contribution in [3.63, 3.8) is 0 Å². The second kappa shape index (κ2) is 8.67. The predicted molar refractivity (Wildman–Crippen MR) is 114 cm³/mol. The average Bonchev–Trinajstić information content (AvgIpc) is 2.76. The lowest BCUT2D eigenvalue weighted by atomic mass is 10.1. The summed E-state index contributed by atoms with van der Waals surface area (Å²) in [4.78, 5) is 28.6. The van der Waals surface area contributed by atoms with Crippen LogP contribution in [0.5, 0.6) is 0 Å². The van der Waals surface area contributed by atoms with Crippen LogP contribution in [0, 0.1) is 5.82 Å². The molecule has 2 heterocycles. The summed E-state index contributed by atoms with van der Waals surface area (Å²) in [6, 6.07) is 16.1. The highest BCUT2D eigenvalue weighted by molar-refractivity contribution is 6.30. The summed E-state index contributed by atoms with van der Waals surface area (Å²) in [6.45, 7) is 2.34. The van der Waals surface area contributed by atoms with Crippen LogP contribution in [-0.4, -0.2) is 46.8 Å². The lowest BCUT2D eigenvalue weighted by molar-refractivity contribution is -0.130. The molecular formula is C22H20ClFN4O2. The molecule has 154 valence electrons. The molecule has 0 aliphatic carbocycles. The van der Waals surface area contributed by atoms with Gasteiger partial charge in [0.05, 0.1) is 12.1 Å². The summed E-state index contributed by atoms with van der Waals surface area (Å²) >= 11 is 5.92. The number of aromatic nitrogens is 2. The zero-order valence-corrected chi connectivity index (χ0v) is 16.9. The monoisotopic (exact) mass is 426 g/mol. The average molecular weight is 427 g/mol. The van der Waals surface area contributed by atoms with Gasteiger partial charge in [-0.25, -0.2) is 4.39 Å². The summed E-state index contributed by atoms with van der Waals surface area (Å²) in [5.74, 6) is 0.378. The highest BCUT2D eigenvalue weighted by atomic mass is 35.5. The Morgan fingerprint density at radius 3 is 2.27 bits per heavy atom. The van der Waals surface area contributed by atoms with Gasteiger partial charge in [0, 0.05) is 37.3 Å². The van der Waals surface area contributed by atoms with Crippen LogP contribution in [0.4, 0.5) is 10.2 Å². The van der Waals surface area contributed by atoms with Gasteiger partial charge in [0.25, 0.3) is 5.56 Å². The van der Waals surface area contributed by atoms with Crippen molar-refractivity contribution in [2.45, 2.75) is 6.42 Å². The lowest BCUT2D eigenvalue weighted by Gasteiger charge is -2.35. The third kappa shape index (κ3) is 4.52. The van der Waals surface area contributed by atoms with E-state index in [9.17, 15) is 14.0 Å². The molecule has 0 unspecified atom stereocenters. The second-order valence-electron chi connectivity index (χ2n) is 7.09. The quantitative estimate of drug-likeness (QED) is 0.643. The predicted octanol–water partition coefficient (Wildman–Crippen LogP) is 2.92. The molecule has 0 atom stereocenters. The molecule has 0 radical (unpaired) electrons. The smallest absolute Gasteiger partial charge is 0.271 e. The first kappa shape index (κ1) is 20.1. The number of nitrogens with zero attached hydrogens (tertiary/aromatic N) is 4. The molecule has 1 fully saturated rings. The van der Waals surface area contributed by atoms with Crippen molar-refractivity contribution in [1.82, 2.24) is 14.7 Å². The molecule has 0 bridgehead atoms. The van der Waals surface area contributed by atoms with Gasteiger partial charge < -0.3 is 9.80 Å². The van der Waals surface area contributed by atoms with Crippen molar-refractivity contribution in [2.24, 2.45) is 0 Å². The second-order valence-corrected chi connectivity index (χ2v) is 7.53. The molecule has 3 aromatic rings. The molecule has 1 saturated heterocycles. The first-order valence-electron chi connectivity index (χ1n) is 9.63. The zero-order chi connectivity index (χ0) is 21.1. The highest BCUT2D eigenvalue weighted by Gasteiger charge is 2.22. The van der Waals surface area contributed by atoms with E-state index < -0.39 is 0 Å². The van der Waals surface area contributed by atoms with Crippen LogP contribution >= 0.6 is 11.6 Å². The summed E-state index contributed by atoms with van der Waals surface area (Å²) in [6.07, 6.45) is 0.250. The van der Waals surface area contributed by atoms with E-state index in [0.717, 1.165) is 5.56 Å². The van der Waals surface area contributed by atoms with Gasteiger partial charge in [-0.1, -0.05) is 23.7 Å². The van der Waals surface area contributed by atoms with E-state index in [1.807, 2.05) is 4.90 Å². The fraction of sp³-hybridized carbons (Fsp3) is 0.227. The van der Waals surface area contributed by atoms with Crippen molar-refractivity contribution in [3.8, 4) is 5.69 Å². The van der Waals surface area contributed by atoms with Crippen LogP contribution in [0.15, 0.2) is 65.5 Å². The molecule has 0 saturated carbocycles. The van der Waals surface area contributed by atoms with Gasteiger partial charge in [-0.3, -0.25) is 9.59 Å². The Hall–Kier alpha value is -3.19. The molecule has 0 spiro atoms. The topological polar surface area (TPSA) is 58.4 Å². The number of halogens is 2. The van der Waals surface area contributed by atoms with Crippen molar-refractivity contribution in [3.05, 3.63) is 87.4 Å². The molecule has 30 heavy (non-hydrogen) atoms. The molecule has 1 amide bonds. The van der Waals surface area contributed by atoms with E-state index in [4.69, 9.17) is 11.6 Å². The molecule has 1 aromatic heterocycles. The highest BCUT2D eigenvalue weighted by Crippen LogP contribution is 2.16. The third-order valence-corrected chi connectivity index (χ3v) is 5.33. The van der Waals surface area contributed by atoms with E-state index >= 15 is 0 Å². The van der Waals surface area contributed by atoms with Crippen LogP contribution in [0.3, 0.4) is 0 Å². The maximum Gasteiger partial charge on any atom is 0.271 e. The minimum absolute atomic E-state index is 0.0142. The van der Waals surface area contributed by atoms with Crippen molar-refractivity contribution in [2.75, 3.05) is 31.1 Å². The van der Waals surface area contributed by atoms with Crippen molar-refractivity contribution < 1.29 is 9.18 Å². The Bertz CT molecular complexity index is 1090. The Morgan fingerprint density at radius 2 is 1.60 bits per heavy atom. The third-order valence-electron chi connectivity index (χ3n) is 5.08. The lowest BCUT2D eigenvalue weighted by Crippen LogP contribution is -2.49. The largest absolute Gasteiger partial charge is 0.352 e. The number of carbonyl (C=O) groups excluding carboxylic acids is 1. The first-order valence-corrected chi connectivity index (χ1v) is 10.0. The number of rotatable bonds is 4. The summed E-state index contributed by atoms with van der Waals surface area (Å²) in [5, 5.41) is 5.08. The Balaban J connectivity index is 1.42. The molecule has 2 aromatic carbocycles.